The predicted molar refractivity (Wildman–Crippen MR) is 51.6 cm³/mol. The van der Waals surface area contributed by atoms with E-state index in [0.29, 0.717) is 20.6 Å². The van der Waals surface area contributed by atoms with E-state index in [1.165, 1.54) is 0 Å². The van der Waals surface area contributed by atoms with Crippen LogP contribution in [-0.2, 0) is 0 Å². The second kappa shape index (κ2) is 3.48. The van der Waals surface area contributed by atoms with Crippen molar-refractivity contribution in [3.63, 3.8) is 0 Å². The normalized spacial score (nSPS) is 9.73. The lowest BCUT2D eigenvalue weighted by Crippen LogP contribution is -1.77. The molecule has 0 atom stereocenters. The third-order valence-electron chi connectivity index (χ3n) is 1.28. The molecule has 1 aromatic carbocycles. The van der Waals surface area contributed by atoms with Gasteiger partial charge in [-0.05, 0) is 12.1 Å². The van der Waals surface area contributed by atoms with Crippen molar-refractivity contribution in [2.45, 2.75) is 0 Å². The highest BCUT2D eigenvalue weighted by molar-refractivity contribution is 6.44. The largest absolute Gasteiger partial charge is 0.0984 e. The topological polar surface area (TPSA) is 0 Å². The van der Waals surface area contributed by atoms with Gasteiger partial charge in [0.1, 0.15) is 0 Å². The van der Waals surface area contributed by atoms with Crippen molar-refractivity contribution in [2.75, 3.05) is 0 Å². The Hall–Kier alpha value is -0.170. The summed E-state index contributed by atoms with van der Waals surface area (Å²) >= 11 is 17.3. The standard InChI is InChI=1S/C8H5Cl3/c1-2-5-6(9)3-4-7(10)8(5)11/h2-4H,1H2. The van der Waals surface area contributed by atoms with Crippen molar-refractivity contribution < 1.29 is 0 Å². The van der Waals surface area contributed by atoms with Gasteiger partial charge in [0.05, 0.1) is 10.0 Å². The van der Waals surface area contributed by atoms with Crippen LogP contribution in [0.4, 0.5) is 0 Å². The van der Waals surface area contributed by atoms with Crippen molar-refractivity contribution in [3.05, 3.63) is 39.3 Å². The molecule has 0 radical (unpaired) electrons. The van der Waals surface area contributed by atoms with E-state index in [1.807, 2.05) is 0 Å². The Morgan fingerprint density at radius 2 is 1.64 bits per heavy atom. The van der Waals surface area contributed by atoms with Crippen LogP contribution in [0.25, 0.3) is 6.08 Å². The van der Waals surface area contributed by atoms with Crippen LogP contribution in [-0.4, -0.2) is 0 Å². The molecule has 0 saturated heterocycles. The van der Waals surface area contributed by atoms with Gasteiger partial charge in [-0.2, -0.15) is 0 Å². The Morgan fingerprint density at radius 3 is 2.09 bits per heavy atom. The number of halogens is 3. The molecule has 0 aliphatic carbocycles. The minimum atomic E-state index is 0.453. The molecule has 0 aromatic heterocycles. The Balaban J connectivity index is 3.40. The molecule has 0 aliphatic rings. The molecular formula is C8H5Cl3. The SMILES string of the molecule is C=Cc1c(Cl)ccc(Cl)c1Cl. The lowest BCUT2D eigenvalue weighted by molar-refractivity contribution is 1.66. The van der Waals surface area contributed by atoms with Gasteiger partial charge in [-0.1, -0.05) is 47.5 Å². The average Bonchev–Trinajstić information content (AvgIpc) is 1.99. The molecule has 58 valence electrons. The van der Waals surface area contributed by atoms with Crippen LogP contribution in [0, 0.1) is 0 Å². The highest BCUT2D eigenvalue weighted by Crippen LogP contribution is 2.31. The van der Waals surface area contributed by atoms with Crippen LogP contribution in [0.3, 0.4) is 0 Å². The molecule has 11 heavy (non-hydrogen) atoms. The van der Waals surface area contributed by atoms with Crippen molar-refractivity contribution in [3.8, 4) is 0 Å². The Morgan fingerprint density at radius 1 is 1.09 bits per heavy atom. The van der Waals surface area contributed by atoms with E-state index in [4.69, 9.17) is 34.8 Å². The van der Waals surface area contributed by atoms with Gasteiger partial charge in [-0.3, -0.25) is 0 Å². The van der Waals surface area contributed by atoms with Crippen molar-refractivity contribution in [1.82, 2.24) is 0 Å². The predicted octanol–water partition coefficient (Wildman–Crippen LogP) is 4.29. The molecule has 3 heteroatoms. The van der Waals surface area contributed by atoms with Crippen molar-refractivity contribution in [1.29, 1.82) is 0 Å². The van der Waals surface area contributed by atoms with Crippen LogP contribution in [0.2, 0.25) is 15.1 Å². The summed E-state index contributed by atoms with van der Waals surface area (Å²) in [7, 11) is 0. The molecule has 1 rings (SSSR count). The van der Waals surface area contributed by atoms with E-state index in [2.05, 4.69) is 6.58 Å². The number of rotatable bonds is 1. The summed E-state index contributed by atoms with van der Waals surface area (Å²) in [5, 5.41) is 1.51. The molecule has 0 spiro atoms. The van der Waals surface area contributed by atoms with Gasteiger partial charge in [0.25, 0.3) is 0 Å². The summed E-state index contributed by atoms with van der Waals surface area (Å²) in [6.07, 6.45) is 1.58. The maximum absolute atomic E-state index is 5.81. The highest BCUT2D eigenvalue weighted by Gasteiger charge is 2.04. The first-order valence-corrected chi connectivity index (χ1v) is 4.06. The van der Waals surface area contributed by atoms with E-state index in [1.54, 1.807) is 18.2 Å². The van der Waals surface area contributed by atoms with Gasteiger partial charge >= 0.3 is 0 Å². The van der Waals surface area contributed by atoms with E-state index in [0.717, 1.165) is 0 Å². The van der Waals surface area contributed by atoms with E-state index in [9.17, 15) is 0 Å². The summed E-state index contributed by atoms with van der Waals surface area (Å²) in [6.45, 7) is 3.57. The molecule has 1 aromatic rings. The number of benzene rings is 1. The first kappa shape index (κ1) is 8.92. The third kappa shape index (κ3) is 1.70. The van der Waals surface area contributed by atoms with Crippen molar-refractivity contribution >= 4 is 40.9 Å². The van der Waals surface area contributed by atoms with Gasteiger partial charge in [0.15, 0.2) is 0 Å². The van der Waals surface area contributed by atoms with E-state index in [-0.39, 0.29) is 0 Å². The fourth-order valence-corrected chi connectivity index (χ4v) is 1.42. The maximum atomic E-state index is 5.81. The minimum Gasteiger partial charge on any atom is -0.0984 e. The molecule has 0 nitrogen and oxygen atoms in total. The summed E-state index contributed by atoms with van der Waals surface area (Å²) in [6, 6.07) is 3.34. The first-order chi connectivity index (χ1) is 5.16. The summed E-state index contributed by atoms with van der Waals surface area (Å²) < 4.78 is 0. The van der Waals surface area contributed by atoms with E-state index >= 15 is 0 Å². The summed E-state index contributed by atoms with van der Waals surface area (Å²) in [5.74, 6) is 0. The monoisotopic (exact) mass is 206 g/mol. The van der Waals surface area contributed by atoms with Gasteiger partial charge in [-0.25, -0.2) is 0 Å². The number of hydrogen-bond donors (Lipinski definition) is 0. The fraction of sp³-hybridized carbons (Fsp3) is 0. The molecule has 0 unspecified atom stereocenters. The van der Waals surface area contributed by atoms with Crippen LogP contribution in [0.5, 0.6) is 0 Å². The Labute approximate surface area is 80.4 Å². The van der Waals surface area contributed by atoms with Gasteiger partial charge in [0.2, 0.25) is 0 Å². The first-order valence-electron chi connectivity index (χ1n) is 2.92. The zero-order valence-electron chi connectivity index (χ0n) is 5.57. The summed E-state index contributed by atoms with van der Waals surface area (Å²) in [4.78, 5) is 0. The highest BCUT2D eigenvalue weighted by atomic mass is 35.5. The van der Waals surface area contributed by atoms with Crippen LogP contribution < -0.4 is 0 Å². The molecule has 0 heterocycles. The average molecular weight is 207 g/mol. The maximum Gasteiger partial charge on any atom is 0.0679 e. The molecular weight excluding hydrogens is 202 g/mol. The molecule has 0 amide bonds. The van der Waals surface area contributed by atoms with E-state index < -0.39 is 0 Å². The molecule has 0 bridgehead atoms. The van der Waals surface area contributed by atoms with Crippen LogP contribution >= 0.6 is 34.8 Å². The van der Waals surface area contributed by atoms with Crippen LogP contribution in [0.15, 0.2) is 18.7 Å². The lowest BCUT2D eigenvalue weighted by Gasteiger charge is -2.01. The molecule has 0 aliphatic heterocycles. The Bertz CT molecular complexity index is 292. The van der Waals surface area contributed by atoms with Crippen LogP contribution in [0.1, 0.15) is 5.56 Å². The second-order valence-electron chi connectivity index (χ2n) is 1.96. The number of hydrogen-bond acceptors (Lipinski definition) is 0. The lowest BCUT2D eigenvalue weighted by atomic mass is 10.2. The Kier molecular flexibility index (Phi) is 2.83. The van der Waals surface area contributed by atoms with Gasteiger partial charge in [0, 0.05) is 10.6 Å². The second-order valence-corrected chi connectivity index (χ2v) is 3.15. The fourth-order valence-electron chi connectivity index (χ4n) is 0.730. The quantitative estimate of drug-likeness (QED) is 0.603. The van der Waals surface area contributed by atoms with Gasteiger partial charge in [-0.15, -0.1) is 0 Å². The van der Waals surface area contributed by atoms with Gasteiger partial charge < -0.3 is 0 Å². The zero-order chi connectivity index (χ0) is 8.43. The minimum absolute atomic E-state index is 0.453. The molecule has 0 fully saturated rings. The summed E-state index contributed by atoms with van der Waals surface area (Å²) in [5.41, 5.74) is 0.681. The smallest absolute Gasteiger partial charge is 0.0679 e. The molecule has 0 N–H and O–H groups in total. The zero-order valence-corrected chi connectivity index (χ0v) is 7.84. The van der Waals surface area contributed by atoms with Crippen molar-refractivity contribution in [2.24, 2.45) is 0 Å². The molecule has 0 saturated carbocycles. The third-order valence-corrected chi connectivity index (χ3v) is 2.43.